The van der Waals surface area contributed by atoms with Gasteiger partial charge in [-0.05, 0) is 33.3 Å². The lowest BCUT2D eigenvalue weighted by Crippen LogP contribution is -2.75. The predicted octanol–water partition coefficient (Wildman–Crippen LogP) is 2.30. The molecular weight excluding hydrogens is 488 g/mol. The topological polar surface area (TPSA) is 136 Å². The van der Waals surface area contributed by atoms with Gasteiger partial charge in [-0.15, -0.1) is 10.2 Å². The fraction of sp³-hybridized carbons (Fsp3) is 0.650. The molecule has 3 rings (SSSR count). The maximum absolute atomic E-state index is 13.3. The predicted molar refractivity (Wildman–Crippen MR) is 124 cm³/mol. The minimum atomic E-state index is -3.88. The maximum Gasteiger partial charge on any atom is 0.408 e. The molecule has 1 N–H and O–H groups in total. The van der Waals surface area contributed by atoms with Crippen LogP contribution < -0.4 is 5.32 Å². The summed E-state index contributed by atoms with van der Waals surface area (Å²) in [5.41, 5.74) is -1.24. The lowest BCUT2D eigenvalue weighted by Gasteiger charge is -2.50. The van der Waals surface area contributed by atoms with Crippen molar-refractivity contribution in [3.8, 4) is 0 Å². The van der Waals surface area contributed by atoms with E-state index in [1.54, 1.807) is 41.5 Å². The molecule has 1 fully saturated rings. The van der Waals surface area contributed by atoms with E-state index in [-0.39, 0.29) is 17.2 Å². The Kier molecular flexibility index (Phi) is 6.72. The molecule has 0 saturated carbocycles. The van der Waals surface area contributed by atoms with Crippen LogP contribution in [0.4, 0.5) is 4.79 Å². The van der Waals surface area contributed by atoms with Crippen LogP contribution in [0.5, 0.6) is 0 Å². The van der Waals surface area contributed by atoms with Crippen LogP contribution in [0.25, 0.3) is 0 Å². The monoisotopic (exact) mass is 516 g/mol. The maximum atomic E-state index is 13.3. The number of thioether (sulfide) groups is 1. The van der Waals surface area contributed by atoms with Crippen molar-refractivity contribution in [3.05, 3.63) is 16.3 Å². The van der Waals surface area contributed by atoms with E-state index in [1.807, 2.05) is 6.92 Å². The van der Waals surface area contributed by atoms with E-state index in [4.69, 9.17) is 4.74 Å². The van der Waals surface area contributed by atoms with Gasteiger partial charge < -0.3 is 10.1 Å². The van der Waals surface area contributed by atoms with Crippen LogP contribution in [-0.4, -0.2) is 69.8 Å². The van der Waals surface area contributed by atoms with Crippen LogP contribution >= 0.6 is 23.1 Å². The number of ketones is 1. The lowest BCUT2D eigenvalue weighted by molar-refractivity contribution is -0.146. The lowest BCUT2D eigenvalue weighted by atomic mass is 9.85. The number of amides is 2. The van der Waals surface area contributed by atoms with Gasteiger partial charge in [0.25, 0.3) is 5.91 Å². The summed E-state index contributed by atoms with van der Waals surface area (Å²) in [6.07, 6.45) is -0.892. The van der Waals surface area contributed by atoms with Crippen molar-refractivity contribution in [3.63, 3.8) is 0 Å². The van der Waals surface area contributed by atoms with Crippen LogP contribution in [0, 0.1) is 12.3 Å². The second kappa shape index (κ2) is 8.66. The number of aryl methyl sites for hydroxylation is 1. The molecule has 0 aliphatic carbocycles. The molecule has 2 aliphatic heterocycles. The number of hydrogen-bond acceptors (Lipinski definition) is 10. The summed E-state index contributed by atoms with van der Waals surface area (Å²) in [5, 5.41) is 9.75. The summed E-state index contributed by atoms with van der Waals surface area (Å²) in [5.74, 6) is -1.21. The number of nitrogens with zero attached hydrogens (tertiary/aromatic N) is 3. The molecule has 0 spiro atoms. The van der Waals surface area contributed by atoms with Crippen LogP contribution in [-0.2, 0) is 24.2 Å². The third-order valence-corrected chi connectivity index (χ3v) is 8.84. The molecule has 2 atom stereocenters. The summed E-state index contributed by atoms with van der Waals surface area (Å²) in [6.45, 7) is 11.9. The van der Waals surface area contributed by atoms with Crippen LogP contribution in [0.1, 0.15) is 46.6 Å². The van der Waals surface area contributed by atoms with Crippen LogP contribution in [0.3, 0.4) is 0 Å². The Morgan fingerprint density at radius 1 is 1.21 bits per heavy atom. The van der Waals surface area contributed by atoms with Gasteiger partial charge in [0.15, 0.2) is 25.3 Å². The Labute approximate surface area is 201 Å². The molecular formula is C20H28N4O6S3. The number of fused-ring (bicyclic) bond motifs is 1. The highest BCUT2D eigenvalue weighted by atomic mass is 32.2. The first kappa shape index (κ1) is 25.6. The smallest absolute Gasteiger partial charge is 0.408 e. The summed E-state index contributed by atoms with van der Waals surface area (Å²) in [6, 6.07) is -1.31. The molecule has 13 heteroatoms. The van der Waals surface area contributed by atoms with Gasteiger partial charge in [-0.3, -0.25) is 14.5 Å². The molecule has 2 amide bonds. The van der Waals surface area contributed by atoms with E-state index in [9.17, 15) is 22.8 Å². The zero-order valence-electron chi connectivity index (χ0n) is 19.6. The summed E-state index contributed by atoms with van der Waals surface area (Å²) in [4.78, 5) is 39.6. The molecule has 0 bridgehead atoms. The molecule has 33 heavy (non-hydrogen) atoms. The largest absolute Gasteiger partial charge is 0.444 e. The highest BCUT2D eigenvalue weighted by molar-refractivity contribution is 8.01. The highest BCUT2D eigenvalue weighted by Gasteiger charge is 2.61. The minimum absolute atomic E-state index is 0.0864. The van der Waals surface area contributed by atoms with E-state index in [2.05, 4.69) is 15.5 Å². The van der Waals surface area contributed by atoms with Gasteiger partial charge in [-0.25, -0.2) is 13.2 Å². The van der Waals surface area contributed by atoms with Crippen LogP contribution in [0.15, 0.2) is 15.6 Å². The van der Waals surface area contributed by atoms with E-state index >= 15 is 0 Å². The molecule has 1 aromatic heterocycles. The number of hydrogen-bond donors (Lipinski definition) is 1. The van der Waals surface area contributed by atoms with Crippen molar-refractivity contribution in [2.75, 3.05) is 11.5 Å². The van der Waals surface area contributed by atoms with Gasteiger partial charge in [0, 0.05) is 11.2 Å². The van der Waals surface area contributed by atoms with Crippen molar-refractivity contribution in [1.82, 2.24) is 20.4 Å². The fourth-order valence-corrected chi connectivity index (χ4v) is 7.40. The van der Waals surface area contributed by atoms with Crippen molar-refractivity contribution < 1.29 is 27.5 Å². The fourth-order valence-electron chi connectivity index (χ4n) is 3.42. The quantitative estimate of drug-likeness (QED) is 0.462. The SMILES string of the molecule is Cc1nnc(SCC2=C(C(=O)C(C)(C)C)N3C(=O)C(NC(=O)OC(C)(C)C)[C@H]3S(=O)(=O)C2)s1. The van der Waals surface area contributed by atoms with Gasteiger partial charge in [-0.2, -0.15) is 0 Å². The number of Topliss-reactive ketones (excluding diaryl/α,β-unsaturated/α-hetero) is 1. The van der Waals surface area contributed by atoms with Gasteiger partial charge in [0.2, 0.25) is 0 Å². The normalized spacial score (nSPS) is 22.5. The number of carbonyl (C=O) groups is 3. The Morgan fingerprint density at radius 2 is 1.85 bits per heavy atom. The van der Waals surface area contributed by atoms with Crippen molar-refractivity contribution >= 4 is 50.7 Å². The molecule has 182 valence electrons. The Morgan fingerprint density at radius 3 is 2.36 bits per heavy atom. The first-order chi connectivity index (χ1) is 15.0. The van der Waals surface area contributed by atoms with Gasteiger partial charge in [-0.1, -0.05) is 43.9 Å². The number of alkyl carbamates (subject to hydrolysis) is 1. The number of β-lactam (4-membered cyclic amide) rings is 1. The number of sulfone groups is 1. The van der Waals surface area contributed by atoms with Gasteiger partial charge >= 0.3 is 6.09 Å². The van der Waals surface area contributed by atoms with Crippen molar-refractivity contribution in [2.24, 2.45) is 5.41 Å². The Balaban J connectivity index is 1.95. The summed E-state index contributed by atoms with van der Waals surface area (Å²) < 4.78 is 32.1. The zero-order valence-corrected chi connectivity index (χ0v) is 22.0. The molecule has 3 heterocycles. The molecule has 0 aromatic carbocycles. The van der Waals surface area contributed by atoms with Gasteiger partial charge in [0.1, 0.15) is 16.7 Å². The average molecular weight is 517 g/mol. The first-order valence-electron chi connectivity index (χ1n) is 10.2. The number of nitrogens with one attached hydrogen (secondary N) is 1. The van der Waals surface area contributed by atoms with Crippen molar-refractivity contribution in [1.29, 1.82) is 0 Å². The average Bonchev–Trinajstić information content (AvgIpc) is 3.06. The molecule has 10 nitrogen and oxygen atoms in total. The van der Waals surface area contributed by atoms with E-state index in [1.165, 1.54) is 23.1 Å². The number of allylic oxidation sites excluding steroid dienone is 1. The standard InChI is InChI=1S/C20H28N4O6S3/c1-10-22-23-18(32-10)31-8-11-9-33(28,29)16-12(21-17(27)30-20(5,6)7)15(26)24(16)13(11)14(25)19(2,3)4/h12,16H,8-9H2,1-7H3,(H,21,27)/t12?,16-/m1/s1. The van der Waals surface area contributed by atoms with E-state index in [0.717, 1.165) is 9.91 Å². The number of carbonyl (C=O) groups excluding carboxylic acids is 3. The molecule has 1 aromatic rings. The Bertz CT molecular complexity index is 1130. The first-order valence-corrected chi connectivity index (χ1v) is 13.8. The highest BCUT2D eigenvalue weighted by Crippen LogP contribution is 2.41. The Hall–Kier alpha value is -1.99. The number of aromatic nitrogens is 2. The molecule has 0 radical (unpaired) electrons. The second-order valence-electron chi connectivity index (χ2n) is 9.94. The summed E-state index contributed by atoms with van der Waals surface area (Å²) >= 11 is 2.63. The minimum Gasteiger partial charge on any atom is -0.444 e. The molecule has 2 aliphatic rings. The van der Waals surface area contributed by atoms with Crippen molar-refractivity contribution in [2.45, 2.75) is 69.8 Å². The zero-order chi connectivity index (χ0) is 24.9. The molecule has 1 unspecified atom stereocenters. The van der Waals surface area contributed by atoms with E-state index in [0.29, 0.717) is 9.91 Å². The third kappa shape index (κ3) is 5.40. The second-order valence-corrected chi connectivity index (χ2v) is 14.4. The third-order valence-electron chi connectivity index (χ3n) is 4.81. The number of ether oxygens (including phenoxy) is 1. The molecule has 1 saturated heterocycles. The van der Waals surface area contributed by atoms with E-state index < -0.39 is 50.0 Å². The van der Waals surface area contributed by atoms with Gasteiger partial charge in [0.05, 0.1) is 11.4 Å². The summed E-state index contributed by atoms with van der Waals surface area (Å²) in [7, 11) is -3.88. The number of rotatable bonds is 5. The van der Waals surface area contributed by atoms with Crippen LogP contribution in [0.2, 0.25) is 0 Å².